The standard InChI is InChI=1S/C20H21N5/c1-13-19(21)17(15-6-4-3-5-7-15)10-11-22-20(13)16-8-9-18-23-14(2)24-25(18)12-16/h3-9,12,17H,10-11,21H2,1-2H3. The lowest BCUT2D eigenvalue weighted by atomic mass is 9.90. The summed E-state index contributed by atoms with van der Waals surface area (Å²) in [7, 11) is 0. The summed E-state index contributed by atoms with van der Waals surface area (Å²) >= 11 is 0. The van der Waals surface area contributed by atoms with E-state index in [1.54, 1.807) is 4.52 Å². The SMILES string of the molecule is CC1=C(N)C(c2ccccc2)CCN=C1c1ccc2nc(C)nn2c1. The van der Waals surface area contributed by atoms with Crippen molar-refractivity contribution in [2.45, 2.75) is 26.2 Å². The molecule has 126 valence electrons. The van der Waals surface area contributed by atoms with E-state index in [2.05, 4.69) is 41.3 Å². The molecule has 1 aromatic carbocycles. The van der Waals surface area contributed by atoms with Crippen LogP contribution in [-0.2, 0) is 0 Å². The van der Waals surface area contributed by atoms with Crippen molar-refractivity contribution in [2.75, 3.05) is 6.54 Å². The lowest BCUT2D eigenvalue weighted by molar-refractivity contribution is 0.711. The van der Waals surface area contributed by atoms with E-state index in [0.717, 1.165) is 47.0 Å². The van der Waals surface area contributed by atoms with Crippen LogP contribution in [0.4, 0.5) is 0 Å². The number of fused-ring (bicyclic) bond motifs is 1. The Labute approximate surface area is 146 Å². The van der Waals surface area contributed by atoms with Gasteiger partial charge in [-0.15, -0.1) is 0 Å². The Morgan fingerprint density at radius 2 is 1.88 bits per heavy atom. The molecule has 0 saturated heterocycles. The number of rotatable bonds is 2. The van der Waals surface area contributed by atoms with Crippen LogP contribution in [0.1, 0.15) is 36.2 Å². The molecule has 1 aliphatic heterocycles. The van der Waals surface area contributed by atoms with Crippen molar-refractivity contribution in [1.29, 1.82) is 0 Å². The van der Waals surface area contributed by atoms with Gasteiger partial charge in [0.2, 0.25) is 0 Å². The summed E-state index contributed by atoms with van der Waals surface area (Å²) < 4.78 is 1.80. The number of hydrogen-bond donors (Lipinski definition) is 1. The van der Waals surface area contributed by atoms with Crippen LogP contribution in [0.5, 0.6) is 0 Å². The number of nitrogens with two attached hydrogens (primary N) is 1. The minimum Gasteiger partial charge on any atom is -0.401 e. The number of aliphatic imine (C=N–C) groups is 1. The normalized spacial score (nSPS) is 18.3. The summed E-state index contributed by atoms with van der Waals surface area (Å²) in [5.74, 6) is 0.968. The fourth-order valence-electron chi connectivity index (χ4n) is 3.45. The summed E-state index contributed by atoms with van der Waals surface area (Å²) in [4.78, 5) is 9.21. The Hall–Kier alpha value is -2.95. The summed E-state index contributed by atoms with van der Waals surface area (Å²) in [6.45, 7) is 4.71. The van der Waals surface area contributed by atoms with Gasteiger partial charge < -0.3 is 5.73 Å². The molecule has 5 heteroatoms. The van der Waals surface area contributed by atoms with Gasteiger partial charge in [-0.05, 0) is 43.5 Å². The largest absolute Gasteiger partial charge is 0.401 e. The van der Waals surface area contributed by atoms with Crippen LogP contribution >= 0.6 is 0 Å². The monoisotopic (exact) mass is 331 g/mol. The molecule has 2 aromatic heterocycles. The smallest absolute Gasteiger partial charge is 0.155 e. The molecule has 25 heavy (non-hydrogen) atoms. The summed E-state index contributed by atoms with van der Waals surface area (Å²) in [5, 5.41) is 4.40. The Balaban J connectivity index is 1.76. The molecule has 1 aliphatic rings. The average molecular weight is 331 g/mol. The van der Waals surface area contributed by atoms with E-state index in [4.69, 9.17) is 10.7 Å². The fourth-order valence-corrected chi connectivity index (χ4v) is 3.45. The Kier molecular flexibility index (Phi) is 3.84. The van der Waals surface area contributed by atoms with Gasteiger partial charge in [-0.1, -0.05) is 30.3 Å². The van der Waals surface area contributed by atoms with Gasteiger partial charge in [-0.25, -0.2) is 9.50 Å². The van der Waals surface area contributed by atoms with Crippen LogP contribution in [0, 0.1) is 6.92 Å². The van der Waals surface area contributed by atoms with Crippen LogP contribution in [-0.4, -0.2) is 26.9 Å². The second-order valence-corrected chi connectivity index (χ2v) is 6.44. The highest BCUT2D eigenvalue weighted by molar-refractivity contribution is 6.12. The van der Waals surface area contributed by atoms with Crippen molar-refractivity contribution in [3.05, 3.63) is 76.9 Å². The number of hydrogen-bond acceptors (Lipinski definition) is 4. The molecule has 0 spiro atoms. The summed E-state index contributed by atoms with van der Waals surface area (Å²) in [5.41, 5.74) is 12.6. The van der Waals surface area contributed by atoms with Gasteiger partial charge in [-0.2, -0.15) is 5.10 Å². The first-order chi connectivity index (χ1) is 12.1. The average Bonchev–Trinajstić information content (AvgIpc) is 2.93. The number of pyridine rings is 1. The van der Waals surface area contributed by atoms with Crippen molar-refractivity contribution < 1.29 is 0 Å². The maximum atomic E-state index is 6.56. The zero-order valence-electron chi connectivity index (χ0n) is 14.5. The van der Waals surface area contributed by atoms with Gasteiger partial charge in [-0.3, -0.25) is 4.99 Å². The molecule has 0 fully saturated rings. The van der Waals surface area contributed by atoms with Crippen LogP contribution in [0.2, 0.25) is 0 Å². The van der Waals surface area contributed by atoms with E-state index >= 15 is 0 Å². The minimum absolute atomic E-state index is 0.208. The number of nitrogens with zero attached hydrogens (tertiary/aromatic N) is 4. The molecule has 0 amide bonds. The molecule has 0 radical (unpaired) electrons. The van der Waals surface area contributed by atoms with Gasteiger partial charge in [0.25, 0.3) is 0 Å². The predicted molar refractivity (Wildman–Crippen MR) is 99.8 cm³/mol. The molecule has 5 nitrogen and oxygen atoms in total. The lowest BCUT2D eigenvalue weighted by Crippen LogP contribution is -2.15. The highest BCUT2D eigenvalue weighted by Crippen LogP contribution is 2.30. The predicted octanol–water partition coefficient (Wildman–Crippen LogP) is 3.25. The second kappa shape index (κ2) is 6.16. The van der Waals surface area contributed by atoms with Crippen molar-refractivity contribution in [1.82, 2.24) is 14.6 Å². The van der Waals surface area contributed by atoms with Gasteiger partial charge in [0.1, 0.15) is 5.82 Å². The zero-order chi connectivity index (χ0) is 17.4. The van der Waals surface area contributed by atoms with E-state index in [1.807, 2.05) is 31.3 Å². The molecule has 0 aliphatic carbocycles. The highest BCUT2D eigenvalue weighted by Gasteiger charge is 2.22. The molecule has 0 saturated carbocycles. The number of benzene rings is 1. The third-order valence-electron chi connectivity index (χ3n) is 4.76. The first kappa shape index (κ1) is 15.6. The topological polar surface area (TPSA) is 68.6 Å². The Bertz CT molecular complexity index is 982. The summed E-state index contributed by atoms with van der Waals surface area (Å²) in [6, 6.07) is 14.4. The first-order valence-corrected chi connectivity index (χ1v) is 8.53. The van der Waals surface area contributed by atoms with Crippen molar-refractivity contribution >= 4 is 11.4 Å². The molecule has 0 bridgehead atoms. The molecule has 3 aromatic rings. The Morgan fingerprint density at radius 1 is 1.08 bits per heavy atom. The van der Waals surface area contributed by atoms with Crippen LogP contribution in [0.25, 0.3) is 5.65 Å². The fraction of sp³-hybridized carbons (Fsp3) is 0.250. The molecule has 4 rings (SSSR count). The second-order valence-electron chi connectivity index (χ2n) is 6.44. The van der Waals surface area contributed by atoms with Crippen molar-refractivity contribution in [3.8, 4) is 0 Å². The highest BCUT2D eigenvalue weighted by atomic mass is 15.3. The van der Waals surface area contributed by atoms with Gasteiger partial charge in [0, 0.05) is 29.9 Å². The Morgan fingerprint density at radius 3 is 2.68 bits per heavy atom. The number of aryl methyl sites for hydroxylation is 1. The van der Waals surface area contributed by atoms with Crippen molar-refractivity contribution in [3.63, 3.8) is 0 Å². The van der Waals surface area contributed by atoms with Crippen LogP contribution < -0.4 is 5.73 Å². The van der Waals surface area contributed by atoms with Gasteiger partial charge in [0.15, 0.2) is 5.65 Å². The van der Waals surface area contributed by atoms with Crippen LogP contribution in [0.3, 0.4) is 0 Å². The number of aromatic nitrogens is 3. The quantitative estimate of drug-likeness (QED) is 0.784. The van der Waals surface area contributed by atoms with E-state index < -0.39 is 0 Å². The lowest BCUT2D eigenvalue weighted by Gasteiger charge is -2.17. The van der Waals surface area contributed by atoms with Crippen LogP contribution in [0.15, 0.2) is 64.9 Å². The third-order valence-corrected chi connectivity index (χ3v) is 4.76. The molecular formula is C20H21N5. The maximum Gasteiger partial charge on any atom is 0.155 e. The van der Waals surface area contributed by atoms with Gasteiger partial charge in [0.05, 0.1) is 5.71 Å². The van der Waals surface area contributed by atoms with Gasteiger partial charge >= 0.3 is 0 Å². The molecular weight excluding hydrogens is 310 g/mol. The van der Waals surface area contributed by atoms with E-state index in [9.17, 15) is 0 Å². The number of allylic oxidation sites excluding steroid dienone is 2. The minimum atomic E-state index is 0.208. The van der Waals surface area contributed by atoms with Crippen molar-refractivity contribution in [2.24, 2.45) is 10.7 Å². The molecule has 1 unspecified atom stereocenters. The molecule has 3 heterocycles. The van der Waals surface area contributed by atoms with E-state index in [0.29, 0.717) is 0 Å². The maximum absolute atomic E-state index is 6.56. The molecule has 2 N–H and O–H groups in total. The molecule has 1 atom stereocenters. The summed E-state index contributed by atoms with van der Waals surface area (Å²) in [6.07, 6.45) is 2.90. The zero-order valence-corrected chi connectivity index (χ0v) is 14.5. The first-order valence-electron chi connectivity index (χ1n) is 8.53. The van der Waals surface area contributed by atoms with E-state index in [-0.39, 0.29) is 5.92 Å². The third kappa shape index (κ3) is 2.82. The van der Waals surface area contributed by atoms with E-state index in [1.165, 1.54) is 5.56 Å².